The molecule has 0 atom stereocenters. The zero-order valence-electron chi connectivity index (χ0n) is 20.9. The van der Waals surface area contributed by atoms with Crippen LogP contribution in [0.15, 0.2) is 59.1 Å². The lowest BCUT2D eigenvalue weighted by Gasteiger charge is -2.26. The highest BCUT2D eigenvalue weighted by molar-refractivity contribution is 7.13. The summed E-state index contributed by atoms with van der Waals surface area (Å²) < 4.78 is 11.1. The van der Waals surface area contributed by atoms with E-state index in [1.54, 1.807) is 26.2 Å². The number of oxime groups is 1. The number of esters is 2. The van der Waals surface area contributed by atoms with Crippen molar-refractivity contribution in [1.29, 1.82) is 0 Å². The van der Waals surface area contributed by atoms with E-state index in [0.29, 0.717) is 0 Å². The van der Waals surface area contributed by atoms with Crippen LogP contribution in [0.1, 0.15) is 57.4 Å². The zero-order valence-corrected chi connectivity index (χ0v) is 21.7. The standard InChI is InChI=1S/C27H29N3O5S/c1-26(2,3)34-24(32)27(4,5)35-30-22(21-15-36-25(28)29-21)23(31)33-14-20-18-12-8-6-10-16(18)17-11-7-9-13-19(17)20/h6-13,15,20H,14H2,1-5H3,(H2,28,29). The van der Waals surface area contributed by atoms with Crippen LogP contribution in [0, 0.1) is 0 Å². The molecule has 188 valence electrons. The number of ether oxygens (including phenoxy) is 2. The maximum atomic E-state index is 13.2. The van der Waals surface area contributed by atoms with Crippen molar-refractivity contribution in [3.63, 3.8) is 0 Å². The van der Waals surface area contributed by atoms with Crippen LogP contribution in [-0.4, -0.2) is 40.4 Å². The summed E-state index contributed by atoms with van der Waals surface area (Å²) in [6.07, 6.45) is 0. The topological polar surface area (TPSA) is 113 Å². The lowest BCUT2D eigenvalue weighted by Crippen LogP contribution is -2.40. The first-order valence-corrected chi connectivity index (χ1v) is 12.4. The number of aromatic nitrogens is 1. The van der Waals surface area contributed by atoms with Gasteiger partial charge >= 0.3 is 11.9 Å². The van der Waals surface area contributed by atoms with Gasteiger partial charge < -0.3 is 20.0 Å². The number of nitrogens with zero attached hydrogens (tertiary/aromatic N) is 2. The Bertz CT molecular complexity index is 1280. The molecule has 2 N–H and O–H groups in total. The molecule has 9 heteroatoms. The summed E-state index contributed by atoms with van der Waals surface area (Å²) >= 11 is 1.15. The molecule has 0 spiro atoms. The number of hydrogen-bond donors (Lipinski definition) is 1. The fourth-order valence-corrected chi connectivity index (χ4v) is 4.40. The van der Waals surface area contributed by atoms with E-state index in [2.05, 4.69) is 22.3 Å². The maximum Gasteiger partial charge on any atom is 0.362 e. The van der Waals surface area contributed by atoms with E-state index >= 15 is 0 Å². The summed E-state index contributed by atoms with van der Waals surface area (Å²) in [5, 5.41) is 5.84. The first-order chi connectivity index (χ1) is 17.0. The summed E-state index contributed by atoms with van der Waals surface area (Å²) in [5.74, 6) is -1.48. The smallest absolute Gasteiger partial charge is 0.362 e. The Morgan fingerprint density at radius 1 is 1.00 bits per heavy atom. The molecule has 0 unspecified atom stereocenters. The van der Waals surface area contributed by atoms with Crippen LogP contribution in [0.2, 0.25) is 0 Å². The van der Waals surface area contributed by atoms with Gasteiger partial charge in [-0.05, 0) is 56.9 Å². The van der Waals surface area contributed by atoms with Gasteiger partial charge in [-0.2, -0.15) is 0 Å². The number of thiazole rings is 1. The van der Waals surface area contributed by atoms with Crippen molar-refractivity contribution in [3.05, 3.63) is 70.7 Å². The molecule has 0 radical (unpaired) electrons. The Morgan fingerprint density at radius 3 is 2.11 bits per heavy atom. The fourth-order valence-electron chi connectivity index (χ4n) is 3.85. The number of carbonyl (C=O) groups excluding carboxylic acids is 2. The molecule has 0 aliphatic heterocycles. The Kier molecular flexibility index (Phi) is 6.86. The van der Waals surface area contributed by atoms with Gasteiger partial charge in [0, 0.05) is 11.3 Å². The second kappa shape index (κ2) is 9.73. The van der Waals surface area contributed by atoms with Gasteiger partial charge in [0.2, 0.25) is 11.3 Å². The van der Waals surface area contributed by atoms with E-state index in [9.17, 15) is 9.59 Å². The lowest BCUT2D eigenvalue weighted by atomic mass is 9.98. The predicted molar refractivity (Wildman–Crippen MR) is 139 cm³/mol. The molecule has 2 aromatic carbocycles. The molecule has 3 aromatic rings. The van der Waals surface area contributed by atoms with Crippen molar-refractivity contribution >= 4 is 34.1 Å². The van der Waals surface area contributed by atoms with Crippen LogP contribution >= 0.6 is 11.3 Å². The molecular formula is C27H29N3O5S. The summed E-state index contributed by atoms with van der Waals surface area (Å²) in [4.78, 5) is 35.5. The molecule has 1 aliphatic carbocycles. The van der Waals surface area contributed by atoms with Crippen LogP contribution in [-0.2, 0) is 23.9 Å². The predicted octanol–water partition coefficient (Wildman–Crippen LogP) is 4.92. The average Bonchev–Trinajstić information content (AvgIpc) is 3.38. The molecule has 0 saturated carbocycles. The summed E-state index contributed by atoms with van der Waals surface area (Å²) in [5.41, 5.74) is 8.06. The average molecular weight is 508 g/mol. The van der Waals surface area contributed by atoms with Crippen LogP contribution in [0.4, 0.5) is 5.13 Å². The van der Waals surface area contributed by atoms with Crippen LogP contribution in [0.5, 0.6) is 0 Å². The summed E-state index contributed by atoms with van der Waals surface area (Å²) in [6.45, 7) is 8.38. The normalized spacial score (nSPS) is 13.6. The van der Waals surface area contributed by atoms with Gasteiger partial charge in [0.15, 0.2) is 5.13 Å². The van der Waals surface area contributed by atoms with E-state index in [0.717, 1.165) is 33.6 Å². The molecule has 1 heterocycles. The van der Waals surface area contributed by atoms with Gasteiger partial charge in [0.25, 0.3) is 0 Å². The Labute approximate surface area is 214 Å². The molecule has 1 aliphatic rings. The Hall–Kier alpha value is -3.72. The molecule has 0 fully saturated rings. The molecule has 1 aromatic heterocycles. The van der Waals surface area contributed by atoms with Gasteiger partial charge in [-0.1, -0.05) is 53.7 Å². The highest BCUT2D eigenvalue weighted by atomic mass is 32.1. The third-order valence-electron chi connectivity index (χ3n) is 5.56. The van der Waals surface area contributed by atoms with Gasteiger partial charge in [-0.3, -0.25) is 0 Å². The number of hydrogen-bond acceptors (Lipinski definition) is 9. The highest BCUT2D eigenvalue weighted by Crippen LogP contribution is 2.44. The number of rotatable bonds is 7. The Morgan fingerprint density at radius 2 is 1.58 bits per heavy atom. The van der Waals surface area contributed by atoms with Crippen molar-refractivity contribution < 1.29 is 23.9 Å². The summed E-state index contributed by atoms with van der Waals surface area (Å²) in [6, 6.07) is 16.1. The van der Waals surface area contributed by atoms with Gasteiger partial charge in [0.05, 0.1) is 0 Å². The maximum absolute atomic E-state index is 13.2. The van der Waals surface area contributed by atoms with Gasteiger partial charge in [-0.25, -0.2) is 14.6 Å². The molecule has 0 amide bonds. The van der Waals surface area contributed by atoms with Crippen molar-refractivity contribution in [2.45, 2.75) is 51.7 Å². The molecule has 36 heavy (non-hydrogen) atoms. The number of fused-ring (bicyclic) bond motifs is 3. The first-order valence-electron chi connectivity index (χ1n) is 11.5. The number of nitrogens with two attached hydrogens (primary N) is 1. The van der Waals surface area contributed by atoms with E-state index in [1.165, 1.54) is 13.8 Å². The fraction of sp³-hybridized carbons (Fsp3) is 0.333. The second-order valence-corrected chi connectivity index (χ2v) is 10.8. The second-order valence-electron chi connectivity index (χ2n) is 9.94. The minimum atomic E-state index is -1.45. The largest absolute Gasteiger partial charge is 0.460 e. The van der Waals surface area contributed by atoms with Gasteiger partial charge in [-0.15, -0.1) is 11.3 Å². The summed E-state index contributed by atoms with van der Waals surface area (Å²) in [7, 11) is 0. The highest BCUT2D eigenvalue weighted by Gasteiger charge is 2.36. The number of benzene rings is 2. The Balaban J connectivity index is 1.56. The van der Waals surface area contributed by atoms with E-state index in [1.807, 2.05) is 36.4 Å². The SMILES string of the molecule is CC(C)(C)OC(=O)C(C)(C)ON=C(C(=O)OCC1c2ccccc2-c2ccccc21)c1csc(N)n1. The minimum absolute atomic E-state index is 0.0982. The third-order valence-corrected chi connectivity index (χ3v) is 6.23. The molecule has 0 bridgehead atoms. The number of anilines is 1. The first kappa shape index (κ1) is 25.4. The number of carbonyl (C=O) groups is 2. The van der Waals surface area contributed by atoms with Crippen LogP contribution < -0.4 is 5.73 Å². The van der Waals surface area contributed by atoms with E-state index in [4.69, 9.17) is 20.0 Å². The van der Waals surface area contributed by atoms with Crippen LogP contribution in [0.25, 0.3) is 11.1 Å². The van der Waals surface area contributed by atoms with E-state index < -0.39 is 23.1 Å². The molecule has 0 saturated heterocycles. The van der Waals surface area contributed by atoms with Gasteiger partial charge in [0.1, 0.15) is 17.9 Å². The van der Waals surface area contributed by atoms with Crippen molar-refractivity contribution in [2.75, 3.05) is 12.3 Å². The molecular weight excluding hydrogens is 478 g/mol. The minimum Gasteiger partial charge on any atom is -0.460 e. The third kappa shape index (κ3) is 5.41. The van der Waals surface area contributed by atoms with Crippen LogP contribution in [0.3, 0.4) is 0 Å². The van der Waals surface area contributed by atoms with E-state index in [-0.39, 0.29) is 29.1 Å². The van der Waals surface area contributed by atoms with Crippen molar-refractivity contribution in [1.82, 2.24) is 4.98 Å². The quantitative estimate of drug-likeness (QED) is 0.274. The molecule has 4 rings (SSSR count). The molecule has 8 nitrogen and oxygen atoms in total. The number of nitrogen functional groups attached to an aromatic ring is 1. The lowest BCUT2D eigenvalue weighted by molar-refractivity contribution is -0.179. The monoisotopic (exact) mass is 507 g/mol. The zero-order chi connectivity index (χ0) is 26.1. The van der Waals surface area contributed by atoms with Crippen molar-refractivity contribution in [2.24, 2.45) is 5.16 Å². The van der Waals surface area contributed by atoms with Crippen molar-refractivity contribution in [3.8, 4) is 11.1 Å².